The van der Waals surface area contributed by atoms with E-state index in [0.29, 0.717) is 12.1 Å². The van der Waals surface area contributed by atoms with Crippen molar-refractivity contribution in [3.05, 3.63) is 35.4 Å². The summed E-state index contributed by atoms with van der Waals surface area (Å²) >= 11 is 0. The molecule has 15 heavy (non-hydrogen) atoms. The fourth-order valence-corrected chi connectivity index (χ4v) is 1.26. The van der Waals surface area contributed by atoms with E-state index in [0.717, 1.165) is 12.5 Å². The van der Waals surface area contributed by atoms with E-state index in [1.165, 1.54) is 12.1 Å². The zero-order chi connectivity index (χ0) is 11.3. The quantitative estimate of drug-likeness (QED) is 0.785. The zero-order valence-electron chi connectivity index (χ0n) is 8.63. The highest BCUT2D eigenvalue weighted by atomic mass is 19.1. The Kier molecular flexibility index (Phi) is 4.65. The molecule has 0 saturated carbocycles. The molecule has 1 aromatic carbocycles. The van der Waals surface area contributed by atoms with Crippen LogP contribution in [0, 0.1) is 11.6 Å². The Bertz CT molecular complexity index is 313. The Morgan fingerprint density at radius 3 is 2.67 bits per heavy atom. The van der Waals surface area contributed by atoms with Crippen LogP contribution in [0.1, 0.15) is 18.9 Å². The second kappa shape index (κ2) is 5.78. The van der Waals surface area contributed by atoms with Crippen molar-refractivity contribution in [1.82, 2.24) is 5.32 Å². The van der Waals surface area contributed by atoms with Crippen molar-refractivity contribution >= 4 is 0 Å². The molecule has 1 rings (SSSR count). The molecular weight excluding hydrogens is 200 g/mol. The van der Waals surface area contributed by atoms with Gasteiger partial charge in [0.05, 0.1) is 6.61 Å². The van der Waals surface area contributed by atoms with E-state index in [1.54, 1.807) is 0 Å². The number of benzene rings is 1. The molecular formula is C11H15F2NO. The lowest BCUT2D eigenvalue weighted by atomic mass is 10.2. The maximum absolute atomic E-state index is 13.2. The van der Waals surface area contributed by atoms with Gasteiger partial charge in [0.2, 0.25) is 0 Å². The molecule has 0 bridgehead atoms. The molecule has 0 aromatic heterocycles. The number of aliphatic hydroxyl groups excluding tert-OH is 1. The molecule has 0 heterocycles. The summed E-state index contributed by atoms with van der Waals surface area (Å²) in [4.78, 5) is 0. The maximum Gasteiger partial charge on any atom is 0.130 e. The summed E-state index contributed by atoms with van der Waals surface area (Å²) in [5, 5.41) is 11.9. The van der Waals surface area contributed by atoms with Crippen molar-refractivity contribution in [1.29, 1.82) is 0 Å². The van der Waals surface area contributed by atoms with Crippen LogP contribution in [-0.4, -0.2) is 17.8 Å². The molecule has 0 fully saturated rings. The average molecular weight is 215 g/mol. The van der Waals surface area contributed by atoms with Gasteiger partial charge in [0.1, 0.15) is 11.6 Å². The summed E-state index contributed by atoms with van der Waals surface area (Å²) in [7, 11) is 0. The predicted molar refractivity (Wildman–Crippen MR) is 54.4 cm³/mol. The molecule has 0 saturated heterocycles. The molecule has 4 heteroatoms. The normalized spacial score (nSPS) is 12.8. The largest absolute Gasteiger partial charge is 0.395 e. The highest BCUT2D eigenvalue weighted by Crippen LogP contribution is 2.09. The van der Waals surface area contributed by atoms with Crippen LogP contribution in [0.5, 0.6) is 0 Å². The van der Waals surface area contributed by atoms with E-state index < -0.39 is 11.6 Å². The Balaban J connectivity index is 2.57. The first kappa shape index (κ1) is 12.1. The van der Waals surface area contributed by atoms with Crippen molar-refractivity contribution in [2.75, 3.05) is 6.61 Å². The minimum atomic E-state index is -0.578. The van der Waals surface area contributed by atoms with Crippen LogP contribution in [0.3, 0.4) is 0 Å². The summed E-state index contributed by atoms with van der Waals surface area (Å²) in [6.45, 7) is 2.24. The summed E-state index contributed by atoms with van der Waals surface area (Å²) in [5.41, 5.74) is 0.406. The first-order valence-corrected chi connectivity index (χ1v) is 4.95. The van der Waals surface area contributed by atoms with E-state index in [1.807, 2.05) is 6.92 Å². The molecule has 2 nitrogen and oxygen atoms in total. The average Bonchev–Trinajstić information content (AvgIpc) is 2.22. The number of hydrogen-bond acceptors (Lipinski definition) is 2. The molecule has 0 aliphatic rings. The van der Waals surface area contributed by atoms with Crippen LogP contribution >= 0.6 is 0 Å². The number of aliphatic hydroxyl groups is 1. The van der Waals surface area contributed by atoms with Gasteiger partial charge in [-0.3, -0.25) is 0 Å². The lowest BCUT2D eigenvalue weighted by Crippen LogP contribution is -2.31. The molecule has 84 valence electrons. The Hall–Kier alpha value is -1.00. The van der Waals surface area contributed by atoms with Gasteiger partial charge in [-0.1, -0.05) is 13.0 Å². The Labute approximate surface area is 87.9 Å². The predicted octanol–water partition coefficient (Wildman–Crippen LogP) is 1.83. The van der Waals surface area contributed by atoms with Gasteiger partial charge in [0.15, 0.2) is 0 Å². The fourth-order valence-electron chi connectivity index (χ4n) is 1.26. The molecule has 0 aliphatic heterocycles. The van der Waals surface area contributed by atoms with Crippen molar-refractivity contribution in [3.63, 3.8) is 0 Å². The van der Waals surface area contributed by atoms with Crippen molar-refractivity contribution in [2.45, 2.75) is 25.9 Å². The Morgan fingerprint density at radius 2 is 2.13 bits per heavy atom. The molecule has 1 aromatic rings. The third kappa shape index (κ3) is 3.57. The third-order valence-electron chi connectivity index (χ3n) is 2.31. The molecule has 0 amide bonds. The van der Waals surface area contributed by atoms with E-state index in [-0.39, 0.29) is 12.6 Å². The van der Waals surface area contributed by atoms with Crippen LogP contribution in [0.15, 0.2) is 18.2 Å². The topological polar surface area (TPSA) is 32.3 Å². The van der Waals surface area contributed by atoms with Gasteiger partial charge < -0.3 is 10.4 Å². The van der Waals surface area contributed by atoms with E-state index >= 15 is 0 Å². The molecule has 0 radical (unpaired) electrons. The number of rotatable bonds is 5. The standard InChI is InChI=1S/C11H15F2NO/c1-2-10(7-15)14-6-8-3-4-9(12)5-11(8)13/h3-5,10,14-15H,2,6-7H2,1H3/t10-/m1/s1. The van der Waals surface area contributed by atoms with Crippen LogP contribution in [0.25, 0.3) is 0 Å². The summed E-state index contributed by atoms with van der Waals surface area (Å²) in [6, 6.07) is 3.44. The van der Waals surface area contributed by atoms with Crippen molar-refractivity contribution in [2.24, 2.45) is 0 Å². The highest BCUT2D eigenvalue weighted by molar-refractivity contribution is 5.18. The van der Waals surface area contributed by atoms with Crippen LogP contribution < -0.4 is 5.32 Å². The van der Waals surface area contributed by atoms with Gasteiger partial charge in [-0.15, -0.1) is 0 Å². The maximum atomic E-state index is 13.2. The van der Waals surface area contributed by atoms with Gasteiger partial charge in [0.25, 0.3) is 0 Å². The monoisotopic (exact) mass is 215 g/mol. The second-order valence-corrected chi connectivity index (χ2v) is 3.40. The van der Waals surface area contributed by atoms with Crippen molar-refractivity contribution in [3.8, 4) is 0 Å². The van der Waals surface area contributed by atoms with Gasteiger partial charge in [-0.05, 0) is 12.5 Å². The number of hydrogen-bond donors (Lipinski definition) is 2. The second-order valence-electron chi connectivity index (χ2n) is 3.40. The van der Waals surface area contributed by atoms with Crippen LogP contribution in [0.2, 0.25) is 0 Å². The lowest BCUT2D eigenvalue weighted by Gasteiger charge is -2.14. The van der Waals surface area contributed by atoms with E-state index in [4.69, 9.17) is 5.11 Å². The Morgan fingerprint density at radius 1 is 1.40 bits per heavy atom. The molecule has 2 N–H and O–H groups in total. The van der Waals surface area contributed by atoms with Gasteiger partial charge >= 0.3 is 0 Å². The summed E-state index contributed by atoms with van der Waals surface area (Å²) in [5.74, 6) is -1.14. The summed E-state index contributed by atoms with van der Waals surface area (Å²) in [6.07, 6.45) is 0.763. The highest BCUT2D eigenvalue weighted by Gasteiger charge is 2.07. The lowest BCUT2D eigenvalue weighted by molar-refractivity contribution is 0.238. The van der Waals surface area contributed by atoms with E-state index in [2.05, 4.69) is 5.32 Å². The fraction of sp³-hybridized carbons (Fsp3) is 0.455. The van der Waals surface area contributed by atoms with Gasteiger partial charge in [-0.25, -0.2) is 8.78 Å². The van der Waals surface area contributed by atoms with Gasteiger partial charge in [0, 0.05) is 24.2 Å². The molecule has 0 spiro atoms. The third-order valence-corrected chi connectivity index (χ3v) is 2.31. The van der Waals surface area contributed by atoms with Gasteiger partial charge in [-0.2, -0.15) is 0 Å². The smallest absolute Gasteiger partial charge is 0.130 e. The number of nitrogens with one attached hydrogen (secondary N) is 1. The SMILES string of the molecule is CC[C@H](CO)NCc1ccc(F)cc1F. The minimum Gasteiger partial charge on any atom is -0.395 e. The first-order valence-electron chi connectivity index (χ1n) is 4.95. The zero-order valence-corrected chi connectivity index (χ0v) is 8.63. The molecule has 0 aliphatic carbocycles. The number of halogens is 2. The molecule has 1 atom stereocenters. The first-order chi connectivity index (χ1) is 7.17. The van der Waals surface area contributed by atoms with Crippen LogP contribution in [-0.2, 0) is 6.54 Å². The van der Waals surface area contributed by atoms with Crippen molar-refractivity contribution < 1.29 is 13.9 Å². The minimum absolute atomic E-state index is 0.0132. The summed E-state index contributed by atoms with van der Waals surface area (Å²) < 4.78 is 25.7. The van der Waals surface area contributed by atoms with E-state index in [9.17, 15) is 8.78 Å². The molecule has 0 unspecified atom stereocenters. The van der Waals surface area contributed by atoms with Crippen LogP contribution in [0.4, 0.5) is 8.78 Å².